The Balaban J connectivity index is 7.48. The highest BCUT2D eigenvalue weighted by Gasteiger charge is 2.89. The first kappa shape index (κ1) is 37.6. The summed E-state index contributed by atoms with van der Waals surface area (Å²) in [6, 6.07) is 0. The molecule has 0 spiro atoms. The van der Waals surface area contributed by atoms with E-state index in [4.69, 9.17) is 5.11 Å². The van der Waals surface area contributed by atoms with E-state index in [1.54, 1.807) is 0 Å². The predicted molar refractivity (Wildman–Crippen MR) is 85.7 cm³/mol. The highest BCUT2D eigenvalue weighted by Crippen LogP contribution is 2.59. The summed E-state index contributed by atoms with van der Waals surface area (Å²) in [5.74, 6) is -33.1. The van der Waals surface area contributed by atoms with Crippen LogP contribution in [0.5, 0.6) is 0 Å². The Bertz CT molecular complexity index is 1010. The van der Waals surface area contributed by atoms with E-state index in [2.05, 4.69) is 4.74 Å². The van der Waals surface area contributed by atoms with Crippen molar-refractivity contribution in [1.29, 1.82) is 0 Å². The second-order valence-electron chi connectivity index (χ2n) is 7.10. The first-order valence-corrected chi connectivity index (χ1v) is 11.8. The van der Waals surface area contributed by atoms with Crippen molar-refractivity contribution in [2.75, 3.05) is 6.61 Å². The number of alkyl halides is 18. The van der Waals surface area contributed by atoms with Crippen LogP contribution in [0.4, 0.5) is 79.0 Å². The van der Waals surface area contributed by atoms with Gasteiger partial charge in [0.25, 0.3) is 0 Å². The van der Waals surface area contributed by atoms with Gasteiger partial charge in [-0.15, -0.1) is 0 Å². The van der Waals surface area contributed by atoms with Crippen molar-refractivity contribution in [1.82, 2.24) is 0 Å². The number of hydrogen-bond donors (Lipinski definition) is 1. The van der Waals surface area contributed by atoms with Crippen molar-refractivity contribution in [3.63, 3.8) is 0 Å². The molecule has 0 fully saturated rings. The maximum atomic E-state index is 14.0. The minimum absolute atomic E-state index is 0.442. The summed E-state index contributed by atoms with van der Waals surface area (Å²) in [5, 5.41) is -7.68. The normalized spacial score (nSPS) is 17.1. The lowest BCUT2D eigenvalue weighted by molar-refractivity contribution is -0.382. The van der Waals surface area contributed by atoms with Crippen LogP contribution in [0.25, 0.3) is 0 Å². The maximum Gasteiger partial charge on any atom is 0.460 e. The summed E-state index contributed by atoms with van der Waals surface area (Å²) in [5.41, 5.74) is 0. The van der Waals surface area contributed by atoms with E-state index in [-0.39, 0.29) is 0 Å². The van der Waals surface area contributed by atoms with E-state index >= 15 is 0 Å². The molecule has 0 aliphatic heterocycles. The third-order valence-electron chi connectivity index (χ3n) is 4.35. The average Bonchev–Trinajstić information content (AvgIpc) is 2.67. The third kappa shape index (κ3) is 5.57. The Morgan fingerprint density at radius 3 is 1.03 bits per heavy atom. The number of hydrogen-bond acceptors (Lipinski definition) is 6. The Labute approximate surface area is 203 Å². The Hall–Kier alpha value is -1.44. The van der Waals surface area contributed by atoms with Crippen molar-refractivity contribution in [3.8, 4) is 0 Å². The van der Waals surface area contributed by atoms with Gasteiger partial charge in [-0.3, -0.25) is 0 Å². The number of halogens is 18. The molecule has 1 atom stereocenters. The molecule has 26 heteroatoms. The first-order chi connectivity index (χ1) is 16.5. The minimum Gasteiger partial charge on any atom is -0.368 e. The molecule has 0 saturated heterocycles. The van der Waals surface area contributed by atoms with Gasteiger partial charge in [-0.25, -0.2) is 16.8 Å². The van der Waals surface area contributed by atoms with Crippen LogP contribution < -0.4 is 0 Å². The summed E-state index contributed by atoms with van der Waals surface area (Å²) in [7, 11) is -17.5. The van der Waals surface area contributed by atoms with Gasteiger partial charge in [-0.1, -0.05) is 0 Å². The lowest BCUT2D eigenvalue weighted by Gasteiger charge is -2.37. The van der Waals surface area contributed by atoms with E-state index in [0.29, 0.717) is 6.92 Å². The fourth-order valence-electron chi connectivity index (χ4n) is 2.22. The van der Waals surface area contributed by atoms with E-state index in [1.165, 1.54) is 0 Å². The van der Waals surface area contributed by atoms with Crippen LogP contribution in [0, 0.1) is 0 Å². The minimum atomic E-state index is -8.73. The topological polar surface area (TPSA) is 97.7 Å². The molecule has 1 unspecified atom stereocenters. The van der Waals surface area contributed by atoms with Gasteiger partial charge in [-0.2, -0.15) is 79.0 Å². The number of rotatable bonds is 12. The maximum absolute atomic E-state index is 14.0. The van der Waals surface area contributed by atoms with Crippen molar-refractivity contribution in [2.45, 2.75) is 70.8 Å². The molecule has 0 bridgehead atoms. The fraction of sp³-hybridized carbons (Fsp3) is 1.00. The highest BCUT2D eigenvalue weighted by molar-refractivity contribution is 8.10. The van der Waals surface area contributed by atoms with Gasteiger partial charge >= 0.3 is 46.6 Å². The Morgan fingerprint density at radius 1 is 0.564 bits per heavy atom. The molecule has 6 nitrogen and oxygen atoms in total. The lowest BCUT2D eigenvalue weighted by atomic mass is 10.1. The summed E-state index contributed by atoms with van der Waals surface area (Å²) in [6.45, 7) is -1.73. The molecule has 0 aliphatic carbocycles. The van der Waals surface area contributed by atoms with Gasteiger partial charge in [0.05, 0.1) is 6.61 Å². The summed E-state index contributed by atoms with van der Waals surface area (Å²) in [6.07, 6.45) is -20.9. The van der Waals surface area contributed by atoms with Gasteiger partial charge in [0.2, 0.25) is 19.7 Å². The molecule has 1 N–H and O–H groups in total. The molecule has 236 valence electrons. The third-order valence-corrected chi connectivity index (χ3v) is 9.67. The SMILES string of the molecule is CC(O)OCCC(S(=O)(=O)C(F)(F)C(F)(F)C(F)(F)C(F)(F)F)S(=O)(=O)C(F)(F)C(F)(F)C(F)(F)C(F)(F)F. The summed E-state index contributed by atoms with van der Waals surface area (Å²) >= 11 is 0. The Kier molecular flexibility index (Phi) is 9.75. The van der Waals surface area contributed by atoms with Gasteiger partial charge < -0.3 is 9.84 Å². The fourth-order valence-corrected chi connectivity index (χ4v) is 6.72. The molecule has 39 heavy (non-hydrogen) atoms. The van der Waals surface area contributed by atoms with Crippen molar-refractivity contribution in [3.05, 3.63) is 0 Å². The van der Waals surface area contributed by atoms with Crippen LogP contribution >= 0.6 is 0 Å². The molecule has 0 amide bonds. The predicted octanol–water partition coefficient (Wildman–Crippen LogP) is 4.74. The van der Waals surface area contributed by atoms with Gasteiger partial charge in [0.1, 0.15) is 0 Å². The van der Waals surface area contributed by atoms with E-state index in [0.717, 1.165) is 0 Å². The molecule has 0 heterocycles. The zero-order valence-corrected chi connectivity index (χ0v) is 19.3. The van der Waals surface area contributed by atoms with Gasteiger partial charge in [0, 0.05) is 6.42 Å². The average molecular weight is 668 g/mol. The number of aliphatic hydroxyl groups excluding tert-OH is 1. The molecule has 0 aromatic rings. The van der Waals surface area contributed by atoms with Crippen LogP contribution in [-0.4, -0.2) is 86.0 Å². The summed E-state index contributed by atoms with van der Waals surface area (Å²) < 4.78 is 282. The van der Waals surface area contributed by atoms with Crippen LogP contribution in [0.3, 0.4) is 0 Å². The zero-order valence-electron chi connectivity index (χ0n) is 17.7. The largest absolute Gasteiger partial charge is 0.460 e. The van der Waals surface area contributed by atoms with E-state index < -0.39 is 90.1 Å². The number of sulfone groups is 2. The van der Waals surface area contributed by atoms with Crippen LogP contribution in [0.1, 0.15) is 13.3 Å². The smallest absolute Gasteiger partial charge is 0.368 e. The van der Waals surface area contributed by atoms with Crippen molar-refractivity contribution >= 4 is 19.7 Å². The van der Waals surface area contributed by atoms with Crippen molar-refractivity contribution in [2.24, 2.45) is 0 Å². The lowest BCUT2D eigenvalue weighted by Crippen LogP contribution is -2.68. The second-order valence-corrected chi connectivity index (χ2v) is 11.7. The molecule has 0 rings (SSSR count). The van der Waals surface area contributed by atoms with Crippen LogP contribution in [0.2, 0.25) is 0 Å². The van der Waals surface area contributed by atoms with Crippen molar-refractivity contribution < 1.29 is 106 Å². The standard InChI is InChI=1S/C13H10F18O6S2/c1-4(32)37-3-2-5(38(33,34)12(28,29)8(18,19)6(14,15)10(22,23)24)39(35,36)13(30,31)9(20,21)7(16,17)11(25,26)27/h4-5,32H,2-3H2,1H3. The quantitative estimate of drug-likeness (QED) is 0.239. The van der Waals surface area contributed by atoms with Crippen LogP contribution in [-0.2, 0) is 24.4 Å². The summed E-state index contributed by atoms with van der Waals surface area (Å²) in [4.78, 5) is 0. The second kappa shape index (κ2) is 10.1. The van der Waals surface area contributed by atoms with E-state index in [1.807, 2.05) is 0 Å². The molecular weight excluding hydrogens is 658 g/mol. The molecule has 0 aliphatic rings. The zero-order chi connectivity index (χ0) is 32.3. The van der Waals surface area contributed by atoms with Gasteiger partial charge in [-0.05, 0) is 6.92 Å². The molecule has 0 aromatic heterocycles. The Morgan fingerprint density at radius 2 is 0.821 bits per heavy atom. The van der Waals surface area contributed by atoms with E-state index in [9.17, 15) is 95.9 Å². The van der Waals surface area contributed by atoms with Gasteiger partial charge in [0.15, 0.2) is 10.9 Å². The number of ether oxygens (including phenoxy) is 1. The molecule has 0 saturated carbocycles. The first-order valence-electron chi connectivity index (χ1n) is 8.72. The monoisotopic (exact) mass is 668 g/mol. The highest BCUT2D eigenvalue weighted by atomic mass is 32.3. The molecule has 0 radical (unpaired) electrons. The number of aliphatic hydroxyl groups is 1. The molecular formula is C13H10F18O6S2. The molecule has 0 aromatic carbocycles. The van der Waals surface area contributed by atoms with Crippen LogP contribution in [0.15, 0.2) is 0 Å².